The molecule has 0 saturated carbocycles. The van der Waals surface area contributed by atoms with E-state index in [0.717, 1.165) is 5.03 Å². The SMILES string of the molecule is C/C=C/C=C\C=C(/C)Cl. The second kappa shape index (κ2) is 5.64. The minimum atomic E-state index is 0.802. The lowest BCUT2D eigenvalue weighted by Crippen LogP contribution is -1.53. The van der Waals surface area contributed by atoms with Gasteiger partial charge in [0.05, 0.1) is 0 Å². The summed E-state index contributed by atoms with van der Waals surface area (Å²) in [4.78, 5) is 0. The van der Waals surface area contributed by atoms with Crippen molar-refractivity contribution in [1.29, 1.82) is 0 Å². The predicted octanol–water partition coefficient (Wildman–Crippen LogP) is 3.26. The van der Waals surface area contributed by atoms with Crippen molar-refractivity contribution < 1.29 is 0 Å². The maximum absolute atomic E-state index is 5.54. The van der Waals surface area contributed by atoms with Gasteiger partial charge in [-0.15, -0.1) is 0 Å². The molecule has 0 aromatic heterocycles. The third kappa shape index (κ3) is 7.51. The Morgan fingerprint density at radius 1 is 1.22 bits per heavy atom. The fourth-order valence-electron chi connectivity index (χ4n) is 0.363. The van der Waals surface area contributed by atoms with Crippen LogP contribution in [0.5, 0.6) is 0 Å². The molecule has 1 heteroatoms. The summed E-state index contributed by atoms with van der Waals surface area (Å²) in [5.41, 5.74) is 0. The molecule has 0 aliphatic carbocycles. The zero-order chi connectivity index (χ0) is 7.11. The monoisotopic (exact) mass is 142 g/mol. The Labute approximate surface area is 61.5 Å². The van der Waals surface area contributed by atoms with Crippen LogP contribution in [-0.4, -0.2) is 0 Å². The lowest BCUT2D eigenvalue weighted by atomic mass is 10.4. The summed E-state index contributed by atoms with van der Waals surface area (Å²) in [6.45, 7) is 3.82. The second-order valence-corrected chi connectivity index (χ2v) is 2.26. The summed E-state index contributed by atoms with van der Waals surface area (Å²) in [6, 6.07) is 0. The molecular formula is C8H11Cl. The average Bonchev–Trinajstić information content (AvgIpc) is 1.80. The molecule has 0 N–H and O–H groups in total. The Balaban J connectivity index is 3.60. The summed E-state index contributed by atoms with van der Waals surface area (Å²) in [6.07, 6.45) is 9.61. The summed E-state index contributed by atoms with van der Waals surface area (Å²) in [7, 11) is 0. The summed E-state index contributed by atoms with van der Waals surface area (Å²) >= 11 is 5.54. The number of hydrogen-bond acceptors (Lipinski definition) is 0. The van der Waals surface area contributed by atoms with E-state index in [4.69, 9.17) is 11.6 Å². The molecular weight excluding hydrogens is 132 g/mol. The number of hydrogen-bond donors (Lipinski definition) is 0. The molecule has 0 aliphatic rings. The quantitative estimate of drug-likeness (QED) is 0.520. The molecule has 0 saturated heterocycles. The van der Waals surface area contributed by atoms with E-state index in [2.05, 4.69) is 0 Å². The van der Waals surface area contributed by atoms with Gasteiger partial charge in [-0.1, -0.05) is 35.9 Å². The molecule has 0 aromatic carbocycles. The normalized spacial score (nSPS) is 13.9. The van der Waals surface area contributed by atoms with Crippen molar-refractivity contribution in [2.75, 3.05) is 0 Å². The maximum Gasteiger partial charge on any atom is 0.0150 e. The summed E-state index contributed by atoms with van der Waals surface area (Å²) in [5.74, 6) is 0. The van der Waals surface area contributed by atoms with Crippen molar-refractivity contribution in [2.24, 2.45) is 0 Å². The highest BCUT2D eigenvalue weighted by atomic mass is 35.5. The second-order valence-electron chi connectivity index (χ2n) is 1.66. The van der Waals surface area contributed by atoms with Crippen LogP contribution in [-0.2, 0) is 0 Å². The molecule has 0 bridgehead atoms. The molecule has 0 unspecified atom stereocenters. The largest absolute Gasteiger partial charge is 0.0895 e. The van der Waals surface area contributed by atoms with Gasteiger partial charge in [-0.25, -0.2) is 0 Å². The summed E-state index contributed by atoms with van der Waals surface area (Å²) < 4.78 is 0. The van der Waals surface area contributed by atoms with Gasteiger partial charge in [0.25, 0.3) is 0 Å². The van der Waals surface area contributed by atoms with E-state index in [-0.39, 0.29) is 0 Å². The average molecular weight is 143 g/mol. The zero-order valence-corrected chi connectivity index (χ0v) is 6.52. The van der Waals surface area contributed by atoms with Gasteiger partial charge in [0.1, 0.15) is 0 Å². The van der Waals surface area contributed by atoms with Crippen LogP contribution in [0.2, 0.25) is 0 Å². The highest BCUT2D eigenvalue weighted by molar-refractivity contribution is 6.29. The van der Waals surface area contributed by atoms with E-state index in [1.54, 1.807) is 0 Å². The van der Waals surface area contributed by atoms with Crippen LogP contribution in [0.15, 0.2) is 35.4 Å². The third-order valence-electron chi connectivity index (χ3n) is 0.741. The van der Waals surface area contributed by atoms with Crippen molar-refractivity contribution in [3.05, 3.63) is 35.4 Å². The number of halogens is 1. The van der Waals surface area contributed by atoms with E-state index in [9.17, 15) is 0 Å². The minimum Gasteiger partial charge on any atom is -0.0895 e. The van der Waals surface area contributed by atoms with Crippen molar-refractivity contribution in [3.8, 4) is 0 Å². The van der Waals surface area contributed by atoms with E-state index in [0.29, 0.717) is 0 Å². The van der Waals surface area contributed by atoms with Gasteiger partial charge < -0.3 is 0 Å². The molecule has 9 heavy (non-hydrogen) atoms. The van der Waals surface area contributed by atoms with Gasteiger partial charge in [-0.2, -0.15) is 0 Å². The van der Waals surface area contributed by atoms with E-state index >= 15 is 0 Å². The fourth-order valence-corrected chi connectivity index (χ4v) is 0.436. The molecule has 0 heterocycles. The lowest BCUT2D eigenvalue weighted by molar-refractivity contribution is 1.65. The van der Waals surface area contributed by atoms with Gasteiger partial charge in [-0.3, -0.25) is 0 Å². The van der Waals surface area contributed by atoms with Gasteiger partial charge >= 0.3 is 0 Å². The molecule has 0 amide bonds. The van der Waals surface area contributed by atoms with Crippen LogP contribution in [0.25, 0.3) is 0 Å². The zero-order valence-electron chi connectivity index (χ0n) is 5.76. The van der Waals surface area contributed by atoms with Crippen LogP contribution >= 0.6 is 11.6 Å². The molecule has 0 radical (unpaired) electrons. The molecule has 0 nitrogen and oxygen atoms in total. The minimum absolute atomic E-state index is 0.802. The smallest absolute Gasteiger partial charge is 0.0150 e. The van der Waals surface area contributed by atoms with Crippen LogP contribution in [0.3, 0.4) is 0 Å². The Morgan fingerprint density at radius 2 is 1.89 bits per heavy atom. The van der Waals surface area contributed by atoms with Crippen molar-refractivity contribution in [3.63, 3.8) is 0 Å². The first-order chi connectivity index (χ1) is 4.27. The standard InChI is InChI=1S/C8H11Cl/c1-3-4-5-6-7-8(2)9/h3-7H,1-2H3/b4-3+,6-5-,8-7+. The van der Waals surface area contributed by atoms with Gasteiger partial charge in [0, 0.05) is 5.03 Å². The predicted molar refractivity (Wildman–Crippen MR) is 43.6 cm³/mol. The molecule has 0 atom stereocenters. The first-order valence-corrected chi connectivity index (χ1v) is 3.27. The highest BCUT2D eigenvalue weighted by Crippen LogP contribution is 1.96. The van der Waals surface area contributed by atoms with E-state index < -0.39 is 0 Å². The molecule has 50 valence electrons. The van der Waals surface area contributed by atoms with Gasteiger partial charge in [0.15, 0.2) is 0 Å². The number of allylic oxidation sites excluding steroid dienone is 6. The van der Waals surface area contributed by atoms with Crippen molar-refractivity contribution >= 4 is 11.6 Å². The van der Waals surface area contributed by atoms with Crippen LogP contribution in [0.4, 0.5) is 0 Å². The Morgan fingerprint density at radius 3 is 2.33 bits per heavy atom. The topological polar surface area (TPSA) is 0 Å². The Kier molecular flexibility index (Phi) is 5.34. The lowest BCUT2D eigenvalue weighted by Gasteiger charge is -1.76. The van der Waals surface area contributed by atoms with Crippen LogP contribution in [0.1, 0.15) is 13.8 Å². The van der Waals surface area contributed by atoms with E-state index in [1.165, 1.54) is 0 Å². The van der Waals surface area contributed by atoms with Crippen molar-refractivity contribution in [2.45, 2.75) is 13.8 Å². The third-order valence-corrected chi connectivity index (χ3v) is 0.867. The first kappa shape index (κ1) is 8.51. The molecule has 0 spiro atoms. The molecule has 0 aromatic rings. The first-order valence-electron chi connectivity index (χ1n) is 2.89. The van der Waals surface area contributed by atoms with Crippen LogP contribution in [0, 0.1) is 0 Å². The Hall–Kier alpha value is -0.490. The molecule has 0 rings (SSSR count). The molecule has 0 fully saturated rings. The highest BCUT2D eigenvalue weighted by Gasteiger charge is 1.69. The fraction of sp³-hybridized carbons (Fsp3) is 0.250. The maximum atomic E-state index is 5.54. The molecule has 0 aliphatic heterocycles. The van der Waals surface area contributed by atoms with E-state index in [1.807, 2.05) is 44.2 Å². The van der Waals surface area contributed by atoms with Crippen molar-refractivity contribution in [1.82, 2.24) is 0 Å². The van der Waals surface area contributed by atoms with Gasteiger partial charge in [0.2, 0.25) is 0 Å². The Bertz CT molecular complexity index is 137. The van der Waals surface area contributed by atoms with Gasteiger partial charge in [-0.05, 0) is 19.9 Å². The van der Waals surface area contributed by atoms with Crippen LogP contribution < -0.4 is 0 Å². The summed E-state index contributed by atoms with van der Waals surface area (Å²) in [5, 5.41) is 0.802. The number of rotatable bonds is 2.